The topological polar surface area (TPSA) is 115 Å². The molecule has 1 aliphatic carbocycles. The number of amides is 1. The molecule has 5 rings (SSSR count). The van der Waals surface area contributed by atoms with Crippen molar-refractivity contribution in [3.8, 4) is 11.4 Å². The summed E-state index contributed by atoms with van der Waals surface area (Å²) in [5.41, 5.74) is 9.75. The zero-order valence-electron chi connectivity index (χ0n) is 18.5. The first-order valence-corrected chi connectivity index (χ1v) is 11.4. The van der Waals surface area contributed by atoms with Crippen molar-refractivity contribution in [2.24, 2.45) is 5.92 Å². The molecule has 4 N–H and O–H groups in total. The maximum Gasteiger partial charge on any atom is 0.223 e. The molecular formula is C24H29N7O. The average molecular weight is 432 g/mol. The Kier molecular flexibility index (Phi) is 5.28. The normalized spacial score (nSPS) is 15.8. The van der Waals surface area contributed by atoms with Crippen LogP contribution in [-0.2, 0) is 4.79 Å². The maximum atomic E-state index is 12.1. The van der Waals surface area contributed by atoms with Crippen molar-refractivity contribution in [3.05, 3.63) is 36.7 Å². The van der Waals surface area contributed by atoms with Gasteiger partial charge in [-0.05, 0) is 51.2 Å². The number of aromatic nitrogens is 5. The maximum absolute atomic E-state index is 12.1. The van der Waals surface area contributed by atoms with Gasteiger partial charge in [-0.3, -0.25) is 4.79 Å². The van der Waals surface area contributed by atoms with Crippen LogP contribution >= 0.6 is 0 Å². The largest absolute Gasteiger partial charge is 0.383 e. The van der Waals surface area contributed by atoms with Crippen LogP contribution in [0.3, 0.4) is 0 Å². The van der Waals surface area contributed by atoms with E-state index in [2.05, 4.69) is 46.2 Å². The molecule has 0 radical (unpaired) electrons. The SMILES string of the molecule is CCC(CCC(C)NC(=O)C1CC1)n1nc(-c2cc3ccccc3[nH]2)c2c(N)ncnc21. The molecule has 8 heteroatoms. The minimum Gasteiger partial charge on any atom is -0.383 e. The summed E-state index contributed by atoms with van der Waals surface area (Å²) in [5, 5.41) is 10.0. The van der Waals surface area contributed by atoms with Crippen LogP contribution in [0.15, 0.2) is 36.7 Å². The predicted molar refractivity (Wildman–Crippen MR) is 126 cm³/mol. The highest BCUT2D eigenvalue weighted by atomic mass is 16.2. The first kappa shape index (κ1) is 20.5. The number of carbonyl (C=O) groups excluding carboxylic acids is 1. The van der Waals surface area contributed by atoms with Crippen LogP contribution in [0.4, 0.5) is 5.82 Å². The second-order valence-corrected chi connectivity index (χ2v) is 8.84. The molecule has 32 heavy (non-hydrogen) atoms. The van der Waals surface area contributed by atoms with E-state index in [1.807, 2.05) is 22.9 Å². The second-order valence-electron chi connectivity index (χ2n) is 8.84. The number of hydrogen-bond acceptors (Lipinski definition) is 5. The molecule has 1 saturated carbocycles. The Hall–Kier alpha value is -3.42. The molecule has 3 heterocycles. The highest BCUT2D eigenvalue weighted by Gasteiger charge is 2.30. The Morgan fingerprint density at radius 1 is 1.28 bits per heavy atom. The number of aromatic amines is 1. The Morgan fingerprint density at radius 3 is 2.84 bits per heavy atom. The standard InChI is InChI=1S/C24H29N7O/c1-3-17(11-8-14(2)28-24(32)15-9-10-15)31-23-20(22(25)26-13-27-23)21(30-31)19-12-16-6-4-5-7-18(16)29-19/h4-7,12-15,17,29H,3,8-11H2,1-2H3,(H,28,32)(H2,25,26,27). The zero-order valence-corrected chi connectivity index (χ0v) is 18.5. The summed E-state index contributed by atoms with van der Waals surface area (Å²) < 4.78 is 1.99. The number of fused-ring (bicyclic) bond motifs is 2. The van der Waals surface area contributed by atoms with E-state index in [9.17, 15) is 4.79 Å². The number of nitrogens with two attached hydrogens (primary N) is 1. The molecule has 1 amide bonds. The van der Waals surface area contributed by atoms with Crippen molar-refractivity contribution in [1.82, 2.24) is 30.0 Å². The van der Waals surface area contributed by atoms with Gasteiger partial charge >= 0.3 is 0 Å². The molecule has 166 valence electrons. The molecule has 4 aromatic rings. The van der Waals surface area contributed by atoms with Crippen LogP contribution in [-0.4, -0.2) is 36.7 Å². The van der Waals surface area contributed by atoms with Gasteiger partial charge in [0.15, 0.2) is 5.65 Å². The van der Waals surface area contributed by atoms with Gasteiger partial charge in [-0.25, -0.2) is 14.6 Å². The van der Waals surface area contributed by atoms with E-state index < -0.39 is 0 Å². The minimum absolute atomic E-state index is 0.131. The van der Waals surface area contributed by atoms with E-state index >= 15 is 0 Å². The summed E-state index contributed by atoms with van der Waals surface area (Å²) in [4.78, 5) is 24.3. The van der Waals surface area contributed by atoms with Crippen LogP contribution < -0.4 is 11.1 Å². The summed E-state index contributed by atoms with van der Waals surface area (Å²) in [7, 11) is 0. The van der Waals surface area contributed by atoms with Crippen molar-refractivity contribution in [2.45, 2.75) is 58.0 Å². The molecule has 1 fully saturated rings. The number of benzene rings is 1. The Labute approximate surface area is 186 Å². The average Bonchev–Trinajstić information content (AvgIpc) is 3.44. The van der Waals surface area contributed by atoms with Crippen LogP contribution in [0.25, 0.3) is 33.3 Å². The molecule has 1 aliphatic rings. The van der Waals surface area contributed by atoms with E-state index in [1.165, 1.54) is 6.33 Å². The van der Waals surface area contributed by atoms with Gasteiger partial charge in [0, 0.05) is 22.9 Å². The third-order valence-corrected chi connectivity index (χ3v) is 6.39. The summed E-state index contributed by atoms with van der Waals surface area (Å²) in [5.74, 6) is 0.847. The number of anilines is 1. The van der Waals surface area contributed by atoms with Gasteiger partial charge in [0.05, 0.1) is 17.1 Å². The molecule has 1 aromatic carbocycles. The van der Waals surface area contributed by atoms with Gasteiger partial charge in [-0.2, -0.15) is 5.10 Å². The van der Waals surface area contributed by atoms with E-state index in [-0.39, 0.29) is 23.9 Å². The molecule has 3 aromatic heterocycles. The molecule has 2 atom stereocenters. The molecule has 0 aliphatic heterocycles. The quantitative estimate of drug-likeness (QED) is 0.387. The number of nitrogens with zero attached hydrogens (tertiary/aromatic N) is 4. The molecule has 2 unspecified atom stereocenters. The van der Waals surface area contributed by atoms with Crippen LogP contribution in [0.2, 0.25) is 0 Å². The minimum atomic E-state index is 0.131. The smallest absolute Gasteiger partial charge is 0.223 e. The van der Waals surface area contributed by atoms with Gasteiger partial charge in [0.1, 0.15) is 17.8 Å². The molecule has 0 spiro atoms. The van der Waals surface area contributed by atoms with Crippen molar-refractivity contribution in [3.63, 3.8) is 0 Å². The summed E-state index contributed by atoms with van der Waals surface area (Å²) in [6.45, 7) is 4.23. The van der Waals surface area contributed by atoms with E-state index in [4.69, 9.17) is 10.8 Å². The van der Waals surface area contributed by atoms with Crippen molar-refractivity contribution < 1.29 is 4.79 Å². The van der Waals surface area contributed by atoms with Gasteiger partial charge in [-0.15, -0.1) is 0 Å². The predicted octanol–water partition coefficient (Wildman–Crippen LogP) is 4.20. The van der Waals surface area contributed by atoms with E-state index in [0.717, 1.165) is 65.4 Å². The van der Waals surface area contributed by atoms with Gasteiger partial charge in [0.25, 0.3) is 0 Å². The number of para-hydroxylation sites is 1. The van der Waals surface area contributed by atoms with Crippen molar-refractivity contribution in [1.29, 1.82) is 0 Å². The molecule has 0 saturated heterocycles. The zero-order chi connectivity index (χ0) is 22.2. The Morgan fingerprint density at radius 2 is 2.09 bits per heavy atom. The third kappa shape index (κ3) is 3.81. The van der Waals surface area contributed by atoms with Gasteiger partial charge in [-0.1, -0.05) is 25.1 Å². The fourth-order valence-corrected chi connectivity index (χ4v) is 4.36. The summed E-state index contributed by atoms with van der Waals surface area (Å²) >= 11 is 0. The highest BCUT2D eigenvalue weighted by Crippen LogP contribution is 2.34. The monoisotopic (exact) mass is 431 g/mol. The van der Waals surface area contributed by atoms with Crippen LogP contribution in [0.1, 0.15) is 52.0 Å². The molecular weight excluding hydrogens is 402 g/mol. The fourth-order valence-electron chi connectivity index (χ4n) is 4.36. The van der Waals surface area contributed by atoms with Crippen molar-refractivity contribution >= 4 is 33.7 Å². The first-order chi connectivity index (χ1) is 15.5. The molecule has 8 nitrogen and oxygen atoms in total. The number of hydrogen-bond donors (Lipinski definition) is 3. The number of H-pyrrole nitrogens is 1. The van der Waals surface area contributed by atoms with Crippen LogP contribution in [0, 0.1) is 5.92 Å². The fraction of sp³-hybridized carbons (Fsp3) is 0.417. The lowest BCUT2D eigenvalue weighted by molar-refractivity contribution is -0.122. The van der Waals surface area contributed by atoms with E-state index in [1.54, 1.807) is 0 Å². The number of nitrogens with one attached hydrogen (secondary N) is 2. The van der Waals surface area contributed by atoms with Gasteiger partial charge < -0.3 is 16.0 Å². The van der Waals surface area contributed by atoms with Gasteiger partial charge in [0.2, 0.25) is 5.91 Å². The van der Waals surface area contributed by atoms with Crippen LogP contribution in [0.5, 0.6) is 0 Å². The summed E-state index contributed by atoms with van der Waals surface area (Å²) in [6.07, 6.45) is 6.20. The Bertz CT molecular complexity index is 1240. The second kappa shape index (κ2) is 8.26. The number of nitrogen functional groups attached to an aromatic ring is 1. The molecule has 0 bridgehead atoms. The Balaban J connectivity index is 1.46. The highest BCUT2D eigenvalue weighted by molar-refractivity contribution is 5.99. The van der Waals surface area contributed by atoms with Crippen molar-refractivity contribution in [2.75, 3.05) is 5.73 Å². The lowest BCUT2D eigenvalue weighted by Crippen LogP contribution is -2.34. The lowest BCUT2D eigenvalue weighted by atomic mass is 10.0. The van der Waals surface area contributed by atoms with E-state index in [0.29, 0.717) is 5.82 Å². The third-order valence-electron chi connectivity index (χ3n) is 6.39. The first-order valence-electron chi connectivity index (χ1n) is 11.4. The number of rotatable bonds is 8. The summed E-state index contributed by atoms with van der Waals surface area (Å²) in [6, 6.07) is 10.5. The lowest BCUT2D eigenvalue weighted by Gasteiger charge is -2.19. The number of carbonyl (C=O) groups is 1.